The number of hydrogen-bond donors (Lipinski definition) is 2. The largest absolute Gasteiger partial charge is 0.356 e. The van der Waals surface area contributed by atoms with Crippen molar-refractivity contribution >= 4 is 47.2 Å². The Bertz CT molecular complexity index is 618. The van der Waals surface area contributed by atoms with Crippen LogP contribution in [0.2, 0.25) is 0 Å². The molecule has 1 aromatic rings. The van der Waals surface area contributed by atoms with Crippen LogP contribution in [0.1, 0.15) is 43.0 Å². The molecule has 1 aromatic heterocycles. The van der Waals surface area contributed by atoms with E-state index in [0.29, 0.717) is 18.5 Å². The van der Waals surface area contributed by atoms with Crippen molar-refractivity contribution in [1.82, 2.24) is 20.4 Å². The van der Waals surface area contributed by atoms with Crippen LogP contribution in [-0.4, -0.2) is 68.5 Å². The number of piperidine rings is 2. The van der Waals surface area contributed by atoms with Crippen LogP contribution in [0.3, 0.4) is 0 Å². The molecule has 0 saturated carbocycles. The highest BCUT2D eigenvalue weighted by molar-refractivity contribution is 14.0. The van der Waals surface area contributed by atoms with Crippen molar-refractivity contribution in [2.75, 3.05) is 46.8 Å². The molecule has 158 valence electrons. The van der Waals surface area contributed by atoms with Crippen LogP contribution >= 0.6 is 35.3 Å². The van der Waals surface area contributed by atoms with Crippen molar-refractivity contribution in [2.24, 2.45) is 10.9 Å². The van der Waals surface area contributed by atoms with Crippen LogP contribution < -0.4 is 10.6 Å². The number of aliphatic imine (C=N–C) groups is 1. The van der Waals surface area contributed by atoms with Gasteiger partial charge in [-0.1, -0.05) is 6.07 Å². The van der Waals surface area contributed by atoms with Crippen molar-refractivity contribution < 1.29 is 4.79 Å². The van der Waals surface area contributed by atoms with Crippen molar-refractivity contribution in [3.63, 3.8) is 0 Å². The smallest absolute Gasteiger partial charge is 0.241 e. The minimum atomic E-state index is 0. The lowest BCUT2D eigenvalue weighted by atomic mass is 9.88. The summed E-state index contributed by atoms with van der Waals surface area (Å²) in [5, 5.41) is 8.82. The molecule has 0 aromatic carbocycles. The minimum absolute atomic E-state index is 0. The highest BCUT2D eigenvalue weighted by atomic mass is 127. The van der Waals surface area contributed by atoms with E-state index < -0.39 is 0 Å². The van der Waals surface area contributed by atoms with Gasteiger partial charge in [0.15, 0.2) is 5.96 Å². The Morgan fingerprint density at radius 2 is 2.00 bits per heavy atom. The zero-order chi connectivity index (χ0) is 19.1. The van der Waals surface area contributed by atoms with Gasteiger partial charge in [-0.3, -0.25) is 14.7 Å². The normalized spacial score (nSPS) is 23.8. The highest BCUT2D eigenvalue weighted by Gasteiger charge is 2.31. The molecule has 3 rings (SSSR count). The predicted molar refractivity (Wildman–Crippen MR) is 128 cm³/mol. The Balaban J connectivity index is 0.00000280. The third-order valence-electron chi connectivity index (χ3n) is 5.71. The number of amides is 1. The first-order chi connectivity index (χ1) is 13.2. The SMILES string of the molecule is CN=C(NCC(=O)N1CCCCC1)NCC1CCCN(C)C1c1cccs1.I. The molecule has 2 atom stereocenters. The molecule has 1 amide bonds. The molecule has 28 heavy (non-hydrogen) atoms. The van der Waals surface area contributed by atoms with Crippen molar-refractivity contribution in [2.45, 2.75) is 38.1 Å². The van der Waals surface area contributed by atoms with Gasteiger partial charge in [-0.2, -0.15) is 0 Å². The molecule has 2 fully saturated rings. The third kappa shape index (κ3) is 6.32. The zero-order valence-corrected chi connectivity index (χ0v) is 20.2. The average molecular weight is 519 g/mol. The third-order valence-corrected chi connectivity index (χ3v) is 6.66. The molecule has 2 aliphatic rings. The lowest BCUT2D eigenvalue weighted by molar-refractivity contribution is -0.130. The minimum Gasteiger partial charge on any atom is -0.356 e. The first kappa shape index (κ1) is 23.4. The summed E-state index contributed by atoms with van der Waals surface area (Å²) >= 11 is 1.84. The Morgan fingerprint density at radius 3 is 2.68 bits per heavy atom. The first-order valence-corrected chi connectivity index (χ1v) is 11.0. The second-order valence-corrected chi connectivity index (χ2v) is 8.57. The summed E-state index contributed by atoms with van der Waals surface area (Å²) in [6, 6.07) is 4.84. The molecule has 0 radical (unpaired) electrons. The summed E-state index contributed by atoms with van der Waals surface area (Å²) in [6.45, 7) is 4.12. The fraction of sp³-hybridized carbons (Fsp3) is 0.700. The molecular formula is C20H34IN5OS. The number of likely N-dealkylation sites (tertiary alicyclic amines) is 2. The summed E-state index contributed by atoms with van der Waals surface area (Å²) in [5.41, 5.74) is 0. The van der Waals surface area contributed by atoms with Gasteiger partial charge in [-0.25, -0.2) is 0 Å². The van der Waals surface area contributed by atoms with Gasteiger partial charge < -0.3 is 15.5 Å². The van der Waals surface area contributed by atoms with E-state index in [2.05, 4.69) is 45.1 Å². The number of carbonyl (C=O) groups excluding carboxylic acids is 1. The number of thiophene rings is 1. The molecule has 3 heterocycles. The van der Waals surface area contributed by atoms with E-state index in [1.54, 1.807) is 7.05 Å². The van der Waals surface area contributed by atoms with Gasteiger partial charge in [-0.15, -0.1) is 35.3 Å². The Morgan fingerprint density at radius 1 is 1.21 bits per heavy atom. The van der Waals surface area contributed by atoms with Gasteiger partial charge >= 0.3 is 0 Å². The molecule has 2 saturated heterocycles. The van der Waals surface area contributed by atoms with Crippen LogP contribution in [0.4, 0.5) is 0 Å². The molecule has 2 aliphatic heterocycles. The van der Waals surface area contributed by atoms with E-state index >= 15 is 0 Å². The number of nitrogens with zero attached hydrogens (tertiary/aromatic N) is 3. The summed E-state index contributed by atoms with van der Waals surface area (Å²) in [5.74, 6) is 1.43. The molecule has 0 bridgehead atoms. The van der Waals surface area contributed by atoms with E-state index in [1.807, 2.05) is 16.2 Å². The molecule has 2 unspecified atom stereocenters. The van der Waals surface area contributed by atoms with E-state index in [0.717, 1.165) is 45.0 Å². The predicted octanol–water partition coefficient (Wildman–Crippen LogP) is 2.93. The Hall–Kier alpha value is -0.870. The second kappa shape index (κ2) is 12.0. The first-order valence-electron chi connectivity index (χ1n) is 10.1. The summed E-state index contributed by atoms with van der Waals surface area (Å²) < 4.78 is 0. The second-order valence-electron chi connectivity index (χ2n) is 7.59. The Kier molecular flexibility index (Phi) is 10.0. The topological polar surface area (TPSA) is 60.0 Å². The molecule has 2 N–H and O–H groups in total. The molecule has 0 aliphatic carbocycles. The van der Waals surface area contributed by atoms with Gasteiger partial charge in [-0.05, 0) is 63.1 Å². The zero-order valence-electron chi connectivity index (χ0n) is 17.0. The van der Waals surface area contributed by atoms with Crippen molar-refractivity contribution in [1.29, 1.82) is 0 Å². The lowest BCUT2D eigenvalue weighted by Crippen LogP contribution is -2.48. The van der Waals surface area contributed by atoms with Crippen molar-refractivity contribution in [3.8, 4) is 0 Å². The van der Waals surface area contributed by atoms with Crippen molar-refractivity contribution in [3.05, 3.63) is 22.4 Å². The highest BCUT2D eigenvalue weighted by Crippen LogP contribution is 2.36. The number of rotatable bonds is 5. The quantitative estimate of drug-likeness (QED) is 0.357. The fourth-order valence-corrected chi connectivity index (χ4v) is 5.23. The van der Waals surface area contributed by atoms with E-state index in [4.69, 9.17) is 0 Å². The summed E-state index contributed by atoms with van der Waals surface area (Å²) in [6.07, 6.45) is 5.92. The maximum Gasteiger partial charge on any atom is 0.241 e. The number of halogens is 1. The fourth-order valence-electron chi connectivity index (χ4n) is 4.25. The van der Waals surface area contributed by atoms with E-state index in [9.17, 15) is 4.79 Å². The van der Waals surface area contributed by atoms with E-state index in [1.165, 1.54) is 24.1 Å². The van der Waals surface area contributed by atoms with Crippen LogP contribution in [0.15, 0.2) is 22.5 Å². The van der Waals surface area contributed by atoms with Gasteiger partial charge in [0.25, 0.3) is 0 Å². The number of hydrogen-bond acceptors (Lipinski definition) is 4. The standard InChI is InChI=1S/C20H33N5OS.HI/c1-21-20(23-15-18(26)25-11-4-3-5-12-25)22-14-16-8-6-10-24(2)19(16)17-9-7-13-27-17;/h7,9,13,16,19H,3-6,8,10-12,14-15H2,1-2H3,(H2,21,22,23);1H. The summed E-state index contributed by atoms with van der Waals surface area (Å²) in [7, 11) is 3.99. The van der Waals surface area contributed by atoms with Crippen LogP contribution in [0.25, 0.3) is 0 Å². The number of nitrogens with one attached hydrogen (secondary N) is 2. The van der Waals surface area contributed by atoms with Crippen LogP contribution in [0.5, 0.6) is 0 Å². The van der Waals surface area contributed by atoms with Crippen LogP contribution in [0, 0.1) is 5.92 Å². The van der Waals surface area contributed by atoms with Gasteiger partial charge in [0.1, 0.15) is 0 Å². The Labute approximate surface area is 190 Å². The maximum atomic E-state index is 12.4. The number of carbonyl (C=O) groups is 1. The summed E-state index contributed by atoms with van der Waals surface area (Å²) in [4.78, 5) is 22.5. The van der Waals surface area contributed by atoms with Crippen LogP contribution in [-0.2, 0) is 4.79 Å². The molecule has 6 nitrogen and oxygen atoms in total. The monoisotopic (exact) mass is 519 g/mol. The molecule has 0 spiro atoms. The van der Waals surface area contributed by atoms with Gasteiger partial charge in [0.2, 0.25) is 5.91 Å². The number of guanidine groups is 1. The average Bonchev–Trinajstić information content (AvgIpc) is 3.23. The lowest BCUT2D eigenvalue weighted by Gasteiger charge is -2.39. The van der Waals surface area contributed by atoms with E-state index in [-0.39, 0.29) is 29.9 Å². The molecular weight excluding hydrogens is 485 g/mol. The molecule has 8 heteroatoms. The maximum absolute atomic E-state index is 12.4. The van der Waals surface area contributed by atoms with Gasteiger partial charge in [0, 0.05) is 37.6 Å². The van der Waals surface area contributed by atoms with Gasteiger partial charge in [0.05, 0.1) is 6.54 Å².